The number of rotatable bonds is 3. The van der Waals surface area contributed by atoms with Crippen molar-refractivity contribution in [3.05, 3.63) is 16.1 Å². The van der Waals surface area contributed by atoms with Gasteiger partial charge in [-0.1, -0.05) is 19.3 Å². The number of carbonyl (C=O) groups is 1. The zero-order chi connectivity index (χ0) is 12.3. The predicted octanol–water partition coefficient (Wildman–Crippen LogP) is 1.88. The summed E-state index contributed by atoms with van der Waals surface area (Å²) in [4.78, 5) is 16.7. The molecule has 0 spiro atoms. The highest BCUT2D eigenvalue weighted by Gasteiger charge is 2.33. The molecule has 0 aromatic carbocycles. The zero-order valence-corrected chi connectivity index (χ0v) is 10.8. The topological polar surface area (TPSA) is 62.2 Å². The average Bonchev–Trinajstić information content (AvgIpc) is 2.77. The molecule has 0 unspecified atom stereocenters. The highest BCUT2D eigenvalue weighted by molar-refractivity contribution is 7.13. The van der Waals surface area contributed by atoms with Crippen molar-refractivity contribution in [3.63, 3.8) is 0 Å². The Morgan fingerprint density at radius 2 is 2.24 bits per heavy atom. The van der Waals surface area contributed by atoms with Crippen molar-refractivity contribution in [3.8, 4) is 0 Å². The average molecular weight is 254 g/mol. The largest absolute Gasteiger partial charge is 0.394 e. The van der Waals surface area contributed by atoms with Gasteiger partial charge in [-0.05, 0) is 19.8 Å². The van der Waals surface area contributed by atoms with Crippen LogP contribution in [0.5, 0.6) is 0 Å². The van der Waals surface area contributed by atoms with Gasteiger partial charge in [0, 0.05) is 0 Å². The molecule has 1 saturated carbocycles. The van der Waals surface area contributed by atoms with Gasteiger partial charge in [0.25, 0.3) is 5.91 Å². The van der Waals surface area contributed by atoms with Crippen molar-refractivity contribution < 1.29 is 9.90 Å². The van der Waals surface area contributed by atoms with E-state index in [4.69, 9.17) is 0 Å². The monoisotopic (exact) mass is 254 g/mol. The van der Waals surface area contributed by atoms with E-state index in [0.717, 1.165) is 30.7 Å². The lowest BCUT2D eigenvalue weighted by Crippen LogP contribution is -2.52. The number of aliphatic hydroxyl groups excluding tert-OH is 1. The maximum absolute atomic E-state index is 12.0. The van der Waals surface area contributed by atoms with E-state index >= 15 is 0 Å². The van der Waals surface area contributed by atoms with Crippen LogP contribution in [-0.4, -0.2) is 28.1 Å². The van der Waals surface area contributed by atoms with Crippen LogP contribution in [-0.2, 0) is 0 Å². The van der Waals surface area contributed by atoms with Crippen LogP contribution in [0.2, 0.25) is 0 Å². The van der Waals surface area contributed by atoms with Crippen LogP contribution >= 0.6 is 11.3 Å². The van der Waals surface area contributed by atoms with Crippen molar-refractivity contribution >= 4 is 17.2 Å². The third-order valence-electron chi connectivity index (χ3n) is 3.34. The Morgan fingerprint density at radius 1 is 1.53 bits per heavy atom. The van der Waals surface area contributed by atoms with Gasteiger partial charge in [-0.25, -0.2) is 4.98 Å². The normalized spacial score (nSPS) is 18.9. The Labute approximate surface area is 105 Å². The van der Waals surface area contributed by atoms with Gasteiger partial charge < -0.3 is 10.4 Å². The number of nitrogens with one attached hydrogen (secondary N) is 1. The summed E-state index contributed by atoms with van der Waals surface area (Å²) in [6.07, 6.45) is 6.67. The van der Waals surface area contributed by atoms with Gasteiger partial charge in [0.1, 0.15) is 4.88 Å². The second-order valence-corrected chi connectivity index (χ2v) is 5.93. The molecule has 94 valence electrons. The lowest BCUT2D eigenvalue weighted by atomic mass is 9.82. The SMILES string of the molecule is Cc1ncc(C(=O)NC2(CO)CCCCC2)s1. The van der Waals surface area contributed by atoms with Crippen LogP contribution in [0.25, 0.3) is 0 Å². The molecular weight excluding hydrogens is 236 g/mol. The van der Waals surface area contributed by atoms with Crippen molar-refractivity contribution in [2.24, 2.45) is 0 Å². The molecule has 0 aliphatic heterocycles. The maximum atomic E-state index is 12.0. The summed E-state index contributed by atoms with van der Waals surface area (Å²) >= 11 is 1.39. The minimum absolute atomic E-state index is 0.0243. The molecule has 1 aliphatic rings. The van der Waals surface area contributed by atoms with E-state index in [9.17, 15) is 9.90 Å². The van der Waals surface area contributed by atoms with Gasteiger partial charge >= 0.3 is 0 Å². The lowest BCUT2D eigenvalue weighted by Gasteiger charge is -2.36. The molecule has 1 aromatic rings. The van der Waals surface area contributed by atoms with Crippen molar-refractivity contribution in [1.82, 2.24) is 10.3 Å². The molecule has 0 bridgehead atoms. The third-order valence-corrected chi connectivity index (χ3v) is 4.25. The van der Waals surface area contributed by atoms with Gasteiger partial charge in [-0.2, -0.15) is 0 Å². The fourth-order valence-corrected chi connectivity index (χ4v) is 2.99. The number of aromatic nitrogens is 1. The number of amides is 1. The number of hydrogen-bond acceptors (Lipinski definition) is 4. The highest BCUT2D eigenvalue weighted by Crippen LogP contribution is 2.28. The van der Waals surface area contributed by atoms with Crippen LogP contribution in [0, 0.1) is 6.92 Å². The Bertz CT molecular complexity index is 397. The molecule has 1 amide bonds. The summed E-state index contributed by atoms with van der Waals surface area (Å²) in [5.74, 6) is -0.105. The number of hydrogen-bond donors (Lipinski definition) is 2. The van der Waals surface area contributed by atoms with E-state index in [1.54, 1.807) is 6.20 Å². The van der Waals surface area contributed by atoms with Crippen molar-refractivity contribution in [2.45, 2.75) is 44.6 Å². The van der Waals surface area contributed by atoms with Gasteiger partial charge in [-0.15, -0.1) is 11.3 Å². The smallest absolute Gasteiger partial charge is 0.263 e. The quantitative estimate of drug-likeness (QED) is 0.865. The first kappa shape index (κ1) is 12.5. The van der Waals surface area contributed by atoms with E-state index in [2.05, 4.69) is 10.3 Å². The van der Waals surface area contributed by atoms with E-state index in [-0.39, 0.29) is 12.5 Å². The number of aliphatic hydroxyl groups is 1. The Hall–Kier alpha value is -0.940. The minimum atomic E-state index is -0.409. The standard InChI is InChI=1S/C12H18N2O2S/c1-9-13-7-10(17-9)11(16)14-12(8-15)5-3-2-4-6-12/h7,15H,2-6,8H2,1H3,(H,14,16). The van der Waals surface area contributed by atoms with Crippen molar-refractivity contribution in [2.75, 3.05) is 6.61 Å². The number of carbonyl (C=O) groups excluding carboxylic acids is 1. The summed E-state index contributed by atoms with van der Waals surface area (Å²) < 4.78 is 0. The predicted molar refractivity (Wildman–Crippen MR) is 67.2 cm³/mol. The van der Waals surface area contributed by atoms with Crippen molar-refractivity contribution in [1.29, 1.82) is 0 Å². The first-order valence-electron chi connectivity index (χ1n) is 6.01. The minimum Gasteiger partial charge on any atom is -0.394 e. The molecule has 1 fully saturated rings. The fourth-order valence-electron chi connectivity index (χ4n) is 2.32. The molecule has 0 saturated heterocycles. The van der Waals surface area contributed by atoms with Gasteiger partial charge in [0.2, 0.25) is 0 Å². The van der Waals surface area contributed by atoms with Crippen LogP contribution in [0.3, 0.4) is 0 Å². The molecule has 1 aliphatic carbocycles. The van der Waals surface area contributed by atoms with Crippen LogP contribution in [0.4, 0.5) is 0 Å². The first-order chi connectivity index (χ1) is 8.15. The summed E-state index contributed by atoms with van der Waals surface area (Å²) in [5.41, 5.74) is -0.409. The molecule has 17 heavy (non-hydrogen) atoms. The molecule has 5 heteroatoms. The molecule has 4 nitrogen and oxygen atoms in total. The maximum Gasteiger partial charge on any atom is 0.263 e. The van der Waals surface area contributed by atoms with Gasteiger partial charge in [0.15, 0.2) is 0 Å². The summed E-state index contributed by atoms with van der Waals surface area (Å²) in [5, 5.41) is 13.4. The fraction of sp³-hybridized carbons (Fsp3) is 0.667. The second kappa shape index (κ2) is 5.14. The molecule has 0 atom stereocenters. The second-order valence-electron chi connectivity index (χ2n) is 4.70. The zero-order valence-electron chi connectivity index (χ0n) is 10.0. The third kappa shape index (κ3) is 2.84. The molecule has 1 aromatic heterocycles. The molecule has 2 N–H and O–H groups in total. The van der Waals surface area contributed by atoms with E-state index in [1.165, 1.54) is 17.8 Å². The summed E-state index contributed by atoms with van der Waals surface area (Å²) in [7, 11) is 0. The van der Waals surface area contributed by atoms with Gasteiger partial charge in [-0.3, -0.25) is 4.79 Å². The molecule has 1 heterocycles. The van der Waals surface area contributed by atoms with Gasteiger partial charge in [0.05, 0.1) is 23.4 Å². The summed E-state index contributed by atoms with van der Waals surface area (Å²) in [6.45, 7) is 1.90. The number of thiazole rings is 1. The van der Waals surface area contributed by atoms with Crippen LogP contribution in [0.15, 0.2) is 6.20 Å². The number of nitrogens with zero attached hydrogens (tertiary/aromatic N) is 1. The van der Waals surface area contributed by atoms with E-state index in [0.29, 0.717) is 4.88 Å². The first-order valence-corrected chi connectivity index (χ1v) is 6.83. The van der Waals surface area contributed by atoms with E-state index < -0.39 is 5.54 Å². The Balaban J connectivity index is 2.05. The molecule has 0 radical (unpaired) electrons. The van der Waals surface area contributed by atoms with E-state index in [1.807, 2.05) is 6.92 Å². The summed E-state index contributed by atoms with van der Waals surface area (Å²) in [6, 6.07) is 0. The molecular formula is C12H18N2O2S. The van der Waals surface area contributed by atoms with Crippen LogP contribution in [0.1, 0.15) is 46.8 Å². The molecule has 2 rings (SSSR count). The Kier molecular flexibility index (Phi) is 3.79. The highest BCUT2D eigenvalue weighted by atomic mass is 32.1. The van der Waals surface area contributed by atoms with Crippen LogP contribution < -0.4 is 5.32 Å². The Morgan fingerprint density at radius 3 is 2.76 bits per heavy atom. The number of aryl methyl sites for hydroxylation is 1. The lowest BCUT2D eigenvalue weighted by molar-refractivity contribution is 0.0762.